The molecule has 0 saturated heterocycles. The molecule has 0 spiro atoms. The number of carbonyl (C=O) groups is 1. The highest BCUT2D eigenvalue weighted by atomic mass is 35.5. The Labute approximate surface area is 117 Å². The molecule has 0 aliphatic rings. The van der Waals surface area contributed by atoms with Crippen molar-refractivity contribution in [3.8, 4) is 0 Å². The lowest BCUT2D eigenvalue weighted by atomic mass is 10.1. The largest absolute Gasteiger partial charge is 0.323 e. The summed E-state index contributed by atoms with van der Waals surface area (Å²) in [4.78, 5) is 12.1. The van der Waals surface area contributed by atoms with Crippen molar-refractivity contribution in [2.75, 3.05) is 5.32 Å². The molecule has 4 heteroatoms. The molecule has 2 aromatic carbocycles. The van der Waals surface area contributed by atoms with Gasteiger partial charge in [-0.25, -0.2) is 0 Å². The fourth-order valence-corrected chi connectivity index (χ4v) is 2.03. The van der Waals surface area contributed by atoms with Crippen LogP contribution in [-0.4, -0.2) is 5.91 Å². The number of aryl methyl sites for hydroxylation is 1. The second kappa shape index (κ2) is 5.87. The van der Waals surface area contributed by atoms with E-state index in [1.54, 1.807) is 12.1 Å². The highest BCUT2D eigenvalue weighted by Crippen LogP contribution is 2.23. The minimum atomic E-state index is -0.710. The normalized spacial score (nSPS) is 11.9. The maximum Gasteiger partial charge on any atom is 0.245 e. The van der Waals surface area contributed by atoms with Gasteiger partial charge in [-0.1, -0.05) is 48.0 Å². The predicted octanol–water partition coefficient (Wildman–Crippen LogP) is 3.29. The average molecular weight is 275 g/mol. The van der Waals surface area contributed by atoms with Gasteiger partial charge in [0.05, 0.1) is 10.7 Å². The molecule has 0 aliphatic heterocycles. The molecule has 1 amide bonds. The van der Waals surface area contributed by atoms with Crippen molar-refractivity contribution in [3.05, 3.63) is 64.7 Å². The number of hydrogen-bond donors (Lipinski definition) is 2. The third-order valence-corrected chi connectivity index (χ3v) is 3.14. The van der Waals surface area contributed by atoms with E-state index in [0.29, 0.717) is 10.7 Å². The van der Waals surface area contributed by atoms with Crippen LogP contribution in [0.15, 0.2) is 48.5 Å². The van der Waals surface area contributed by atoms with Gasteiger partial charge in [0.15, 0.2) is 0 Å². The number of nitrogens with two attached hydrogens (primary N) is 1. The molecule has 0 saturated carbocycles. The summed E-state index contributed by atoms with van der Waals surface area (Å²) in [5, 5.41) is 3.25. The zero-order valence-electron chi connectivity index (χ0n) is 10.6. The standard InChI is InChI=1S/C15H15ClN2O/c1-10-7-8-13(12(16)9-10)18-15(19)14(17)11-5-3-2-4-6-11/h2-9,14H,17H2,1H3,(H,18,19)/t14-/m0/s1. The molecule has 2 aromatic rings. The molecule has 0 unspecified atom stereocenters. The zero-order valence-corrected chi connectivity index (χ0v) is 11.3. The van der Waals surface area contributed by atoms with Crippen LogP contribution in [0.25, 0.3) is 0 Å². The highest BCUT2D eigenvalue weighted by Gasteiger charge is 2.16. The Balaban J connectivity index is 2.13. The molecule has 3 N–H and O–H groups in total. The van der Waals surface area contributed by atoms with Gasteiger partial charge >= 0.3 is 0 Å². The fourth-order valence-electron chi connectivity index (χ4n) is 1.74. The Morgan fingerprint density at radius 1 is 1.21 bits per heavy atom. The van der Waals surface area contributed by atoms with Crippen molar-refractivity contribution in [1.29, 1.82) is 0 Å². The summed E-state index contributed by atoms with van der Waals surface area (Å²) >= 11 is 6.07. The predicted molar refractivity (Wildman–Crippen MR) is 78.2 cm³/mol. The molecule has 0 aliphatic carbocycles. The molecule has 3 nitrogen and oxygen atoms in total. The molecule has 0 fully saturated rings. The summed E-state index contributed by atoms with van der Waals surface area (Å²) in [5.41, 5.74) is 8.29. The lowest BCUT2D eigenvalue weighted by Gasteiger charge is -2.13. The molecule has 2 rings (SSSR count). The van der Waals surface area contributed by atoms with E-state index < -0.39 is 6.04 Å². The molecule has 0 aromatic heterocycles. The van der Waals surface area contributed by atoms with Crippen LogP contribution < -0.4 is 11.1 Å². The first-order chi connectivity index (χ1) is 9.08. The average Bonchev–Trinajstić information content (AvgIpc) is 2.42. The lowest BCUT2D eigenvalue weighted by molar-refractivity contribution is -0.117. The lowest BCUT2D eigenvalue weighted by Crippen LogP contribution is -2.27. The fraction of sp³-hybridized carbons (Fsp3) is 0.133. The summed E-state index contributed by atoms with van der Waals surface area (Å²) in [7, 11) is 0. The topological polar surface area (TPSA) is 55.1 Å². The summed E-state index contributed by atoms with van der Waals surface area (Å²) < 4.78 is 0. The van der Waals surface area contributed by atoms with Crippen molar-refractivity contribution in [1.82, 2.24) is 0 Å². The second-order valence-corrected chi connectivity index (χ2v) is 4.77. The Kier molecular flexibility index (Phi) is 4.20. The first kappa shape index (κ1) is 13.6. The molecular weight excluding hydrogens is 260 g/mol. The Morgan fingerprint density at radius 3 is 2.53 bits per heavy atom. The van der Waals surface area contributed by atoms with Gasteiger partial charge in [0, 0.05) is 0 Å². The van der Waals surface area contributed by atoms with Crippen molar-refractivity contribution in [2.24, 2.45) is 5.73 Å². The summed E-state index contributed by atoms with van der Waals surface area (Å²) in [5.74, 6) is -0.281. The SMILES string of the molecule is Cc1ccc(NC(=O)[C@@H](N)c2ccccc2)c(Cl)c1. The van der Waals surface area contributed by atoms with Crippen LogP contribution in [-0.2, 0) is 4.79 Å². The first-order valence-corrected chi connectivity index (χ1v) is 6.33. The van der Waals surface area contributed by atoms with Gasteiger partial charge in [0.2, 0.25) is 5.91 Å². The van der Waals surface area contributed by atoms with Gasteiger partial charge in [-0.05, 0) is 30.2 Å². The van der Waals surface area contributed by atoms with Crippen molar-refractivity contribution >= 4 is 23.2 Å². The van der Waals surface area contributed by atoms with Crippen molar-refractivity contribution < 1.29 is 4.79 Å². The maximum absolute atomic E-state index is 12.1. The number of benzene rings is 2. The molecule has 19 heavy (non-hydrogen) atoms. The van der Waals surface area contributed by atoms with Gasteiger partial charge in [-0.15, -0.1) is 0 Å². The van der Waals surface area contributed by atoms with Gasteiger partial charge in [-0.2, -0.15) is 0 Å². The summed E-state index contributed by atoms with van der Waals surface area (Å²) in [6, 6.07) is 14.0. The maximum atomic E-state index is 12.1. The number of carbonyl (C=O) groups excluding carboxylic acids is 1. The van der Waals surface area contributed by atoms with Crippen LogP contribution in [0.4, 0.5) is 5.69 Å². The van der Waals surface area contributed by atoms with Crippen LogP contribution in [0.5, 0.6) is 0 Å². The molecule has 0 bridgehead atoms. The van der Waals surface area contributed by atoms with Crippen LogP contribution in [0, 0.1) is 6.92 Å². The van der Waals surface area contributed by atoms with Gasteiger partial charge < -0.3 is 11.1 Å². The van der Waals surface area contributed by atoms with E-state index in [4.69, 9.17) is 17.3 Å². The van der Waals surface area contributed by atoms with E-state index in [-0.39, 0.29) is 5.91 Å². The summed E-state index contributed by atoms with van der Waals surface area (Å²) in [6.07, 6.45) is 0. The quantitative estimate of drug-likeness (QED) is 0.902. The highest BCUT2D eigenvalue weighted by molar-refractivity contribution is 6.33. The smallest absolute Gasteiger partial charge is 0.245 e. The second-order valence-electron chi connectivity index (χ2n) is 4.36. The van der Waals surface area contributed by atoms with E-state index in [9.17, 15) is 4.79 Å². The minimum Gasteiger partial charge on any atom is -0.323 e. The molecule has 0 heterocycles. The Bertz CT molecular complexity index is 584. The van der Waals surface area contributed by atoms with Gasteiger partial charge in [0.1, 0.15) is 6.04 Å². The third kappa shape index (κ3) is 3.34. The van der Waals surface area contributed by atoms with Crippen molar-refractivity contribution in [3.63, 3.8) is 0 Å². The number of hydrogen-bond acceptors (Lipinski definition) is 2. The van der Waals surface area contributed by atoms with Crippen LogP contribution in [0.3, 0.4) is 0 Å². The van der Waals surface area contributed by atoms with E-state index in [0.717, 1.165) is 11.1 Å². The van der Waals surface area contributed by atoms with Crippen molar-refractivity contribution in [2.45, 2.75) is 13.0 Å². The number of amides is 1. The van der Waals surface area contributed by atoms with E-state index in [1.165, 1.54) is 0 Å². The number of rotatable bonds is 3. The molecule has 0 radical (unpaired) electrons. The van der Waals surface area contributed by atoms with Crippen LogP contribution >= 0.6 is 11.6 Å². The first-order valence-electron chi connectivity index (χ1n) is 5.95. The van der Waals surface area contributed by atoms with Gasteiger partial charge in [-0.3, -0.25) is 4.79 Å². The monoisotopic (exact) mass is 274 g/mol. The van der Waals surface area contributed by atoms with E-state index >= 15 is 0 Å². The van der Waals surface area contributed by atoms with E-state index in [1.807, 2.05) is 43.3 Å². The van der Waals surface area contributed by atoms with Crippen LogP contribution in [0.2, 0.25) is 5.02 Å². The summed E-state index contributed by atoms with van der Waals surface area (Å²) in [6.45, 7) is 1.94. The third-order valence-electron chi connectivity index (χ3n) is 2.82. The molecular formula is C15H15ClN2O. The van der Waals surface area contributed by atoms with Gasteiger partial charge in [0.25, 0.3) is 0 Å². The van der Waals surface area contributed by atoms with E-state index in [2.05, 4.69) is 5.32 Å². The number of anilines is 1. The minimum absolute atomic E-state index is 0.281. The Morgan fingerprint density at radius 2 is 1.89 bits per heavy atom. The number of halogens is 1. The Hall–Kier alpha value is -1.84. The molecule has 1 atom stereocenters. The number of nitrogens with one attached hydrogen (secondary N) is 1. The zero-order chi connectivity index (χ0) is 13.8. The molecule has 98 valence electrons. The van der Waals surface area contributed by atoms with Crippen LogP contribution in [0.1, 0.15) is 17.2 Å².